The molecule has 0 N–H and O–H groups in total. The first-order chi connectivity index (χ1) is 7.65. The summed E-state index contributed by atoms with van der Waals surface area (Å²) in [4.78, 5) is 21.1. The van der Waals surface area contributed by atoms with Crippen LogP contribution in [-0.4, -0.2) is 17.8 Å². The zero-order valence-corrected chi connectivity index (χ0v) is 9.93. The van der Waals surface area contributed by atoms with Crippen LogP contribution in [0.15, 0.2) is 12.7 Å². The molecule has 0 aromatic rings. The third-order valence-electron chi connectivity index (χ3n) is 2.78. The van der Waals surface area contributed by atoms with E-state index in [2.05, 4.69) is 13.5 Å². The Morgan fingerprint density at radius 3 is 2.56 bits per heavy atom. The Morgan fingerprint density at radius 2 is 2.12 bits per heavy atom. The van der Waals surface area contributed by atoms with E-state index in [9.17, 15) is 14.9 Å². The van der Waals surface area contributed by atoms with Gasteiger partial charge in [-0.15, -0.1) is 6.58 Å². The average molecular weight is 227 g/mol. The van der Waals surface area contributed by atoms with Crippen LogP contribution >= 0.6 is 0 Å². The van der Waals surface area contributed by atoms with Crippen LogP contribution in [0.2, 0.25) is 0 Å². The molecule has 0 aromatic heterocycles. The Hall–Kier alpha value is -1.19. The summed E-state index contributed by atoms with van der Waals surface area (Å²) in [6.07, 6.45) is 6.89. The molecule has 0 heterocycles. The molecule has 16 heavy (non-hydrogen) atoms. The Morgan fingerprint density at radius 1 is 1.44 bits per heavy atom. The van der Waals surface area contributed by atoms with Crippen molar-refractivity contribution in [2.24, 2.45) is 11.8 Å². The standard InChI is InChI=1S/C12H21NO3/c1-3-5-6-8-11(9-13(15)16)12(10-14)7-4-2/h4,10-12H,2-3,5-9H2,1H3/t11-,12-/m0/s1. The number of nitro groups is 1. The van der Waals surface area contributed by atoms with Gasteiger partial charge in [-0.1, -0.05) is 32.3 Å². The highest BCUT2D eigenvalue weighted by molar-refractivity contribution is 5.54. The largest absolute Gasteiger partial charge is 0.303 e. The molecule has 0 saturated carbocycles. The average Bonchev–Trinajstić information content (AvgIpc) is 2.24. The van der Waals surface area contributed by atoms with Crippen molar-refractivity contribution in [1.29, 1.82) is 0 Å². The molecule has 0 amide bonds. The Kier molecular flexibility index (Phi) is 8.39. The number of rotatable bonds is 10. The summed E-state index contributed by atoms with van der Waals surface area (Å²) in [6.45, 7) is 5.55. The van der Waals surface area contributed by atoms with Gasteiger partial charge in [0.05, 0.1) is 0 Å². The van der Waals surface area contributed by atoms with Crippen molar-refractivity contribution in [3.05, 3.63) is 22.8 Å². The van der Waals surface area contributed by atoms with Crippen molar-refractivity contribution in [2.45, 2.75) is 39.0 Å². The number of allylic oxidation sites excluding steroid dienone is 1. The van der Waals surface area contributed by atoms with Gasteiger partial charge in [-0.25, -0.2) is 0 Å². The molecule has 0 spiro atoms. The van der Waals surface area contributed by atoms with Crippen molar-refractivity contribution >= 4 is 6.29 Å². The fourth-order valence-electron chi connectivity index (χ4n) is 1.84. The van der Waals surface area contributed by atoms with Crippen molar-refractivity contribution in [3.8, 4) is 0 Å². The predicted molar refractivity (Wildman–Crippen MR) is 63.9 cm³/mol. The lowest BCUT2D eigenvalue weighted by Crippen LogP contribution is -2.24. The summed E-state index contributed by atoms with van der Waals surface area (Å²) in [5.74, 6) is -0.392. The van der Waals surface area contributed by atoms with E-state index >= 15 is 0 Å². The maximum Gasteiger partial charge on any atom is 0.207 e. The van der Waals surface area contributed by atoms with Crippen LogP contribution in [0.25, 0.3) is 0 Å². The van der Waals surface area contributed by atoms with E-state index in [-0.39, 0.29) is 23.3 Å². The second-order valence-electron chi connectivity index (χ2n) is 4.10. The maximum atomic E-state index is 10.9. The SMILES string of the molecule is C=CC[C@@H](C=O)[C@@H](CCCCC)C[N+](=O)[O-]. The third kappa shape index (κ3) is 6.32. The molecule has 0 rings (SSSR count). The van der Waals surface area contributed by atoms with Gasteiger partial charge in [-0.3, -0.25) is 10.1 Å². The minimum absolute atomic E-state index is 0.110. The number of carbonyl (C=O) groups is 1. The minimum Gasteiger partial charge on any atom is -0.303 e. The number of hydrogen-bond acceptors (Lipinski definition) is 3. The molecule has 0 aromatic carbocycles. The number of aldehydes is 1. The smallest absolute Gasteiger partial charge is 0.207 e. The van der Waals surface area contributed by atoms with Gasteiger partial charge >= 0.3 is 0 Å². The monoisotopic (exact) mass is 227 g/mol. The van der Waals surface area contributed by atoms with Crippen LogP contribution in [0.3, 0.4) is 0 Å². The lowest BCUT2D eigenvalue weighted by molar-refractivity contribution is -0.489. The second kappa shape index (κ2) is 9.07. The molecular formula is C12H21NO3. The first-order valence-corrected chi connectivity index (χ1v) is 5.83. The van der Waals surface area contributed by atoms with Crippen LogP contribution in [0.4, 0.5) is 0 Å². The summed E-state index contributed by atoms with van der Waals surface area (Å²) in [5, 5.41) is 10.5. The van der Waals surface area contributed by atoms with Gasteiger partial charge in [-0.2, -0.15) is 0 Å². The van der Waals surface area contributed by atoms with E-state index in [1.165, 1.54) is 0 Å². The fraction of sp³-hybridized carbons (Fsp3) is 0.750. The Bertz CT molecular complexity index is 228. The van der Waals surface area contributed by atoms with Crippen molar-refractivity contribution < 1.29 is 9.72 Å². The molecule has 4 nitrogen and oxygen atoms in total. The summed E-state index contributed by atoms with van der Waals surface area (Å²) in [7, 11) is 0. The van der Waals surface area contributed by atoms with Gasteiger partial charge < -0.3 is 4.79 Å². The molecule has 0 fully saturated rings. The number of nitrogens with zero attached hydrogens (tertiary/aromatic N) is 1. The highest BCUT2D eigenvalue weighted by Gasteiger charge is 2.24. The zero-order chi connectivity index (χ0) is 12.4. The van der Waals surface area contributed by atoms with Crippen LogP contribution in [-0.2, 0) is 4.79 Å². The molecule has 92 valence electrons. The molecule has 0 aliphatic carbocycles. The first kappa shape index (κ1) is 14.8. The highest BCUT2D eigenvalue weighted by Crippen LogP contribution is 2.21. The van der Waals surface area contributed by atoms with E-state index in [1.807, 2.05) is 0 Å². The molecule has 0 radical (unpaired) electrons. The summed E-state index contributed by atoms with van der Waals surface area (Å²) >= 11 is 0. The predicted octanol–water partition coefficient (Wildman–Crippen LogP) is 2.85. The lowest BCUT2D eigenvalue weighted by atomic mass is 9.86. The van der Waals surface area contributed by atoms with E-state index in [0.29, 0.717) is 6.42 Å². The van der Waals surface area contributed by atoms with Gasteiger partial charge in [0.15, 0.2) is 0 Å². The molecular weight excluding hydrogens is 206 g/mol. The van der Waals surface area contributed by atoms with Crippen LogP contribution in [0.5, 0.6) is 0 Å². The topological polar surface area (TPSA) is 60.2 Å². The van der Waals surface area contributed by atoms with Gasteiger partial charge in [0.25, 0.3) is 0 Å². The molecule has 0 aliphatic heterocycles. The van der Waals surface area contributed by atoms with Gasteiger partial charge in [0.1, 0.15) is 6.29 Å². The fourth-order valence-corrected chi connectivity index (χ4v) is 1.84. The molecule has 0 bridgehead atoms. The summed E-state index contributed by atoms with van der Waals surface area (Å²) < 4.78 is 0. The summed E-state index contributed by atoms with van der Waals surface area (Å²) in [6, 6.07) is 0. The molecule has 0 unspecified atom stereocenters. The van der Waals surface area contributed by atoms with Crippen molar-refractivity contribution in [3.63, 3.8) is 0 Å². The Labute approximate surface area is 96.9 Å². The molecule has 0 saturated heterocycles. The molecule has 2 atom stereocenters. The van der Waals surface area contributed by atoms with Crippen molar-refractivity contribution in [2.75, 3.05) is 6.54 Å². The number of hydrogen-bond donors (Lipinski definition) is 0. The van der Waals surface area contributed by atoms with Crippen LogP contribution in [0, 0.1) is 22.0 Å². The lowest BCUT2D eigenvalue weighted by Gasteiger charge is -2.17. The quantitative estimate of drug-likeness (QED) is 0.189. The normalized spacial score (nSPS) is 14.1. The van der Waals surface area contributed by atoms with E-state index < -0.39 is 0 Å². The molecule has 4 heteroatoms. The van der Waals surface area contributed by atoms with Gasteiger partial charge in [0, 0.05) is 16.8 Å². The van der Waals surface area contributed by atoms with E-state index in [1.54, 1.807) is 6.08 Å². The van der Waals surface area contributed by atoms with E-state index in [4.69, 9.17) is 0 Å². The van der Waals surface area contributed by atoms with Gasteiger partial charge in [-0.05, 0) is 12.8 Å². The minimum atomic E-state index is -0.323. The summed E-state index contributed by atoms with van der Waals surface area (Å²) in [5.41, 5.74) is 0. The van der Waals surface area contributed by atoms with E-state index in [0.717, 1.165) is 32.0 Å². The van der Waals surface area contributed by atoms with Crippen LogP contribution in [0.1, 0.15) is 39.0 Å². The zero-order valence-electron chi connectivity index (χ0n) is 9.93. The third-order valence-corrected chi connectivity index (χ3v) is 2.78. The Balaban J connectivity index is 4.30. The molecule has 0 aliphatic rings. The second-order valence-corrected chi connectivity index (χ2v) is 4.10. The number of unbranched alkanes of at least 4 members (excludes halogenated alkanes) is 2. The maximum absolute atomic E-state index is 10.9. The highest BCUT2D eigenvalue weighted by atomic mass is 16.6. The number of carbonyl (C=O) groups excluding carboxylic acids is 1. The van der Waals surface area contributed by atoms with Crippen LogP contribution < -0.4 is 0 Å². The first-order valence-electron chi connectivity index (χ1n) is 5.83. The van der Waals surface area contributed by atoms with Gasteiger partial charge in [0.2, 0.25) is 6.54 Å². The van der Waals surface area contributed by atoms with Crippen molar-refractivity contribution in [1.82, 2.24) is 0 Å².